The Hall–Kier alpha value is -2.71. The number of benzene rings is 1. The van der Waals surface area contributed by atoms with Crippen molar-refractivity contribution in [2.45, 2.75) is 24.3 Å². The first-order valence-electron chi connectivity index (χ1n) is 9.32. The number of hydrogen-bond donors (Lipinski definition) is 1. The molecule has 0 unspecified atom stereocenters. The van der Waals surface area contributed by atoms with E-state index in [9.17, 15) is 8.42 Å². The van der Waals surface area contributed by atoms with Crippen molar-refractivity contribution in [3.63, 3.8) is 0 Å². The van der Waals surface area contributed by atoms with Crippen LogP contribution in [-0.2, 0) is 23.6 Å². The molecule has 8 heteroatoms. The zero-order valence-electron chi connectivity index (χ0n) is 15.7. The van der Waals surface area contributed by atoms with E-state index >= 15 is 0 Å². The first-order valence-corrected chi connectivity index (χ1v) is 10.8. The van der Waals surface area contributed by atoms with Gasteiger partial charge >= 0.3 is 0 Å². The molecule has 3 aromatic rings. The summed E-state index contributed by atoms with van der Waals surface area (Å²) < 4.78 is 28.5. The van der Waals surface area contributed by atoms with Crippen LogP contribution in [0.4, 0.5) is 5.82 Å². The van der Waals surface area contributed by atoms with Gasteiger partial charge in [0.1, 0.15) is 10.7 Å². The minimum atomic E-state index is -3.43. The molecule has 146 valence electrons. The second kappa shape index (κ2) is 7.73. The second-order valence-electron chi connectivity index (χ2n) is 6.89. The van der Waals surface area contributed by atoms with Gasteiger partial charge in [-0.2, -0.15) is 9.40 Å². The lowest BCUT2D eigenvalue weighted by Crippen LogP contribution is -2.27. The fraction of sp³-hybridized carbons (Fsp3) is 0.300. The van der Waals surface area contributed by atoms with E-state index in [1.165, 1.54) is 10.5 Å². The number of rotatable bonds is 6. The van der Waals surface area contributed by atoms with Crippen molar-refractivity contribution in [1.29, 1.82) is 0 Å². The average molecular weight is 398 g/mol. The molecule has 3 heterocycles. The summed E-state index contributed by atoms with van der Waals surface area (Å²) in [5.41, 5.74) is 3.02. The summed E-state index contributed by atoms with van der Waals surface area (Å²) in [5.74, 6) is 0.628. The zero-order valence-corrected chi connectivity index (χ0v) is 16.6. The van der Waals surface area contributed by atoms with Crippen molar-refractivity contribution in [3.05, 3.63) is 60.4 Å². The molecule has 28 heavy (non-hydrogen) atoms. The molecule has 1 saturated heterocycles. The maximum absolute atomic E-state index is 12.6. The maximum atomic E-state index is 12.6. The van der Waals surface area contributed by atoms with Gasteiger partial charge in [-0.05, 0) is 25.0 Å². The third-order valence-corrected chi connectivity index (χ3v) is 6.73. The molecule has 0 spiro atoms. The van der Waals surface area contributed by atoms with E-state index in [4.69, 9.17) is 0 Å². The second-order valence-corrected chi connectivity index (χ2v) is 8.82. The highest BCUT2D eigenvalue weighted by Crippen LogP contribution is 2.23. The number of aromatic nitrogens is 3. The predicted molar refractivity (Wildman–Crippen MR) is 108 cm³/mol. The third kappa shape index (κ3) is 3.79. The summed E-state index contributed by atoms with van der Waals surface area (Å²) in [6.07, 6.45) is 5.24. The minimum absolute atomic E-state index is 0.242. The van der Waals surface area contributed by atoms with Gasteiger partial charge < -0.3 is 5.32 Å². The van der Waals surface area contributed by atoms with E-state index < -0.39 is 10.0 Å². The number of nitrogens with one attached hydrogen (secondary N) is 1. The van der Waals surface area contributed by atoms with E-state index in [2.05, 4.69) is 15.4 Å². The predicted octanol–water partition coefficient (Wildman–Crippen LogP) is 2.88. The van der Waals surface area contributed by atoms with E-state index in [-0.39, 0.29) is 4.90 Å². The average Bonchev–Trinajstić information content (AvgIpc) is 3.38. The van der Waals surface area contributed by atoms with E-state index in [0.717, 1.165) is 29.7 Å². The molecular formula is C20H23N5O2S. The van der Waals surface area contributed by atoms with Crippen LogP contribution in [0.5, 0.6) is 0 Å². The number of sulfonamides is 1. The van der Waals surface area contributed by atoms with Crippen LogP contribution >= 0.6 is 0 Å². The van der Waals surface area contributed by atoms with Gasteiger partial charge in [-0.1, -0.05) is 30.3 Å². The van der Waals surface area contributed by atoms with Crippen molar-refractivity contribution < 1.29 is 8.42 Å². The fourth-order valence-corrected chi connectivity index (χ4v) is 4.87. The lowest BCUT2D eigenvalue weighted by Gasteiger charge is -2.15. The number of pyridine rings is 1. The van der Waals surface area contributed by atoms with Crippen LogP contribution in [0, 0.1) is 0 Å². The van der Waals surface area contributed by atoms with Gasteiger partial charge in [0, 0.05) is 50.2 Å². The molecule has 0 atom stereocenters. The van der Waals surface area contributed by atoms with Crippen LogP contribution in [0.15, 0.2) is 59.8 Å². The van der Waals surface area contributed by atoms with Crippen molar-refractivity contribution >= 4 is 15.8 Å². The van der Waals surface area contributed by atoms with Gasteiger partial charge in [0.25, 0.3) is 0 Å². The number of aryl methyl sites for hydroxylation is 1. The van der Waals surface area contributed by atoms with E-state index in [1.807, 2.05) is 43.6 Å². The van der Waals surface area contributed by atoms with E-state index in [1.54, 1.807) is 16.8 Å². The molecule has 0 aliphatic carbocycles. The zero-order chi connectivity index (χ0) is 19.6. The first kappa shape index (κ1) is 18.6. The molecule has 1 fully saturated rings. The summed E-state index contributed by atoms with van der Waals surface area (Å²) >= 11 is 0. The molecular weight excluding hydrogens is 374 g/mol. The molecule has 1 aliphatic heterocycles. The molecule has 1 aliphatic rings. The van der Waals surface area contributed by atoms with Gasteiger partial charge in [0.05, 0.1) is 5.69 Å². The smallest absolute Gasteiger partial charge is 0.244 e. The molecule has 0 radical (unpaired) electrons. The number of anilines is 1. The van der Waals surface area contributed by atoms with Crippen LogP contribution in [-0.4, -0.2) is 40.6 Å². The van der Waals surface area contributed by atoms with Gasteiger partial charge in [0.2, 0.25) is 10.0 Å². The highest BCUT2D eigenvalue weighted by molar-refractivity contribution is 7.89. The van der Waals surface area contributed by atoms with Crippen molar-refractivity contribution in [3.8, 4) is 11.3 Å². The summed E-state index contributed by atoms with van der Waals surface area (Å²) in [4.78, 5) is 4.54. The first-order chi connectivity index (χ1) is 13.5. The Balaban J connectivity index is 1.48. The van der Waals surface area contributed by atoms with Crippen LogP contribution in [0.1, 0.15) is 18.4 Å². The fourth-order valence-electron chi connectivity index (χ4n) is 3.41. The molecule has 0 amide bonds. The number of nitrogens with zero attached hydrogens (tertiary/aromatic N) is 4. The Labute approximate surface area is 165 Å². The highest BCUT2D eigenvalue weighted by Gasteiger charge is 2.27. The SMILES string of the molecule is Cn1cc(CNc2ccc(S(=O)(=O)N3CCCC3)cn2)c(-c2ccccc2)n1. The quantitative estimate of drug-likeness (QED) is 0.692. The highest BCUT2D eigenvalue weighted by atomic mass is 32.2. The van der Waals surface area contributed by atoms with Crippen molar-refractivity contribution in [2.75, 3.05) is 18.4 Å². The van der Waals surface area contributed by atoms with E-state index in [0.29, 0.717) is 25.5 Å². The Morgan fingerprint density at radius 2 is 1.82 bits per heavy atom. The summed E-state index contributed by atoms with van der Waals surface area (Å²) in [6.45, 7) is 1.72. The Morgan fingerprint density at radius 3 is 2.50 bits per heavy atom. The van der Waals surface area contributed by atoms with Gasteiger partial charge in [-0.3, -0.25) is 4.68 Å². The standard InChI is InChI=1S/C20H23N5O2S/c1-24-15-17(20(23-24)16-7-3-2-4-8-16)13-21-19-10-9-18(14-22-19)28(26,27)25-11-5-6-12-25/h2-4,7-10,14-15H,5-6,11-13H2,1H3,(H,21,22). The third-order valence-electron chi connectivity index (χ3n) is 4.85. The summed E-state index contributed by atoms with van der Waals surface area (Å²) in [6, 6.07) is 13.3. The maximum Gasteiger partial charge on any atom is 0.244 e. The Bertz CT molecular complexity index is 1040. The Kier molecular flexibility index (Phi) is 5.15. The van der Waals surface area contributed by atoms with Gasteiger partial charge in [0.15, 0.2) is 0 Å². The van der Waals surface area contributed by atoms with Crippen molar-refractivity contribution in [2.24, 2.45) is 7.05 Å². The molecule has 0 saturated carbocycles. The van der Waals surface area contributed by atoms with Crippen LogP contribution in [0.3, 0.4) is 0 Å². The molecule has 7 nitrogen and oxygen atoms in total. The molecule has 4 rings (SSSR count). The molecule has 1 N–H and O–H groups in total. The monoisotopic (exact) mass is 397 g/mol. The van der Waals surface area contributed by atoms with Gasteiger partial charge in [-0.15, -0.1) is 0 Å². The summed E-state index contributed by atoms with van der Waals surface area (Å²) in [7, 11) is -1.54. The Morgan fingerprint density at radius 1 is 1.07 bits per heavy atom. The lowest BCUT2D eigenvalue weighted by molar-refractivity contribution is 0.477. The molecule has 1 aromatic carbocycles. The largest absolute Gasteiger partial charge is 0.366 e. The molecule has 0 bridgehead atoms. The van der Waals surface area contributed by atoms with Crippen LogP contribution in [0.2, 0.25) is 0 Å². The van der Waals surface area contributed by atoms with Crippen LogP contribution in [0.25, 0.3) is 11.3 Å². The minimum Gasteiger partial charge on any atom is -0.366 e. The topological polar surface area (TPSA) is 80.1 Å². The van der Waals surface area contributed by atoms with Crippen LogP contribution < -0.4 is 5.32 Å². The molecule has 2 aromatic heterocycles. The lowest BCUT2D eigenvalue weighted by atomic mass is 10.1. The summed E-state index contributed by atoms with van der Waals surface area (Å²) in [5, 5.41) is 7.81. The number of hydrogen-bond acceptors (Lipinski definition) is 5. The van der Waals surface area contributed by atoms with Gasteiger partial charge in [-0.25, -0.2) is 13.4 Å². The normalized spacial score (nSPS) is 15.0. The van der Waals surface area contributed by atoms with Crippen molar-refractivity contribution in [1.82, 2.24) is 19.1 Å².